The van der Waals surface area contributed by atoms with Crippen LogP contribution >= 0.6 is 23.2 Å². The quantitative estimate of drug-likeness (QED) is 0.419. The largest absolute Gasteiger partial charge is 0.369 e. The smallest absolute Gasteiger partial charge is 0.272 e. The molecule has 8 heteroatoms. The van der Waals surface area contributed by atoms with Crippen molar-refractivity contribution in [3.8, 4) is 11.1 Å². The molecule has 3 rings (SSSR count). The van der Waals surface area contributed by atoms with Gasteiger partial charge in [0.15, 0.2) is 0 Å². The van der Waals surface area contributed by atoms with Crippen LogP contribution in [0.5, 0.6) is 0 Å². The highest BCUT2D eigenvalue weighted by atomic mass is 35.5. The lowest BCUT2D eigenvalue weighted by atomic mass is 10.1. The first-order valence-corrected chi connectivity index (χ1v) is 7.19. The number of halogens is 2. The standard InChI is InChI=1S/C14H12Cl2N6/c1-21(2)8-17-13-19-14-18-11(15)10(12(16)22(14)20-13)9-6-4-3-5-7-9/h3-8H,1-2H3/b17-8+. The molecule has 3 aromatic rings. The summed E-state index contributed by atoms with van der Waals surface area (Å²) >= 11 is 12.7. The molecule has 0 atom stereocenters. The van der Waals surface area contributed by atoms with Crippen LogP contribution in [0.4, 0.5) is 5.95 Å². The van der Waals surface area contributed by atoms with E-state index in [0.717, 1.165) is 5.56 Å². The van der Waals surface area contributed by atoms with Crippen LogP contribution < -0.4 is 0 Å². The van der Waals surface area contributed by atoms with Crippen LogP contribution in [0.3, 0.4) is 0 Å². The van der Waals surface area contributed by atoms with Gasteiger partial charge in [-0.3, -0.25) is 0 Å². The molecule has 0 spiro atoms. The third-order valence-electron chi connectivity index (χ3n) is 2.84. The van der Waals surface area contributed by atoms with Gasteiger partial charge in [0.05, 0.1) is 11.9 Å². The Labute approximate surface area is 137 Å². The molecule has 6 nitrogen and oxygen atoms in total. The van der Waals surface area contributed by atoms with Gasteiger partial charge >= 0.3 is 0 Å². The fourth-order valence-electron chi connectivity index (χ4n) is 1.90. The summed E-state index contributed by atoms with van der Waals surface area (Å²) in [4.78, 5) is 14.3. The van der Waals surface area contributed by atoms with Crippen LogP contribution in [-0.2, 0) is 0 Å². The van der Waals surface area contributed by atoms with Crippen molar-refractivity contribution in [3.05, 3.63) is 40.6 Å². The number of fused-ring (bicyclic) bond motifs is 1. The van der Waals surface area contributed by atoms with Gasteiger partial charge in [-0.25, -0.2) is 4.99 Å². The summed E-state index contributed by atoms with van der Waals surface area (Å²) in [6, 6.07) is 9.53. The van der Waals surface area contributed by atoms with Crippen molar-refractivity contribution in [2.24, 2.45) is 4.99 Å². The second kappa shape index (κ2) is 5.90. The summed E-state index contributed by atoms with van der Waals surface area (Å²) < 4.78 is 1.43. The van der Waals surface area contributed by atoms with E-state index in [1.807, 2.05) is 44.4 Å². The minimum atomic E-state index is 0.268. The summed E-state index contributed by atoms with van der Waals surface area (Å²) in [5.74, 6) is 0.574. The minimum absolute atomic E-state index is 0.268. The van der Waals surface area contributed by atoms with Gasteiger partial charge in [0.2, 0.25) is 0 Å². The molecule has 2 aromatic heterocycles. The maximum absolute atomic E-state index is 6.43. The molecule has 0 bridgehead atoms. The average Bonchev–Trinajstić information content (AvgIpc) is 2.89. The zero-order valence-corrected chi connectivity index (χ0v) is 13.4. The summed E-state index contributed by atoms with van der Waals surface area (Å²) in [5, 5.41) is 4.86. The first-order chi connectivity index (χ1) is 10.6. The molecule has 0 saturated heterocycles. The Balaban J connectivity index is 2.16. The van der Waals surface area contributed by atoms with Crippen molar-refractivity contribution < 1.29 is 0 Å². The highest BCUT2D eigenvalue weighted by Crippen LogP contribution is 2.33. The second-order valence-corrected chi connectivity index (χ2v) is 5.48. The van der Waals surface area contributed by atoms with Crippen LogP contribution in [0.25, 0.3) is 16.9 Å². The maximum atomic E-state index is 6.43. The SMILES string of the molecule is CN(C)/C=N/c1nc2nc(Cl)c(-c3ccccc3)c(Cl)n2n1. The molecule has 2 heterocycles. The molecule has 0 aliphatic heterocycles. The van der Waals surface area contributed by atoms with Gasteiger partial charge in [0.1, 0.15) is 10.3 Å². The number of aromatic nitrogens is 4. The summed E-state index contributed by atoms with van der Waals surface area (Å²) in [6.07, 6.45) is 1.60. The Hall–Kier alpha value is -2.18. The number of hydrogen-bond donors (Lipinski definition) is 0. The lowest BCUT2D eigenvalue weighted by Gasteiger charge is -2.07. The van der Waals surface area contributed by atoms with E-state index in [1.54, 1.807) is 11.2 Å². The Morgan fingerprint density at radius 2 is 1.86 bits per heavy atom. The van der Waals surface area contributed by atoms with Crippen LogP contribution in [0.1, 0.15) is 0 Å². The monoisotopic (exact) mass is 334 g/mol. The van der Waals surface area contributed by atoms with Crippen molar-refractivity contribution in [1.82, 2.24) is 24.5 Å². The molecule has 22 heavy (non-hydrogen) atoms. The normalized spacial score (nSPS) is 11.5. The van der Waals surface area contributed by atoms with E-state index in [4.69, 9.17) is 23.2 Å². The van der Waals surface area contributed by atoms with Crippen LogP contribution in [0.15, 0.2) is 35.3 Å². The Morgan fingerprint density at radius 3 is 2.55 bits per heavy atom. The molecule has 0 amide bonds. The molecular formula is C14H12Cl2N6. The van der Waals surface area contributed by atoms with E-state index in [-0.39, 0.29) is 11.1 Å². The van der Waals surface area contributed by atoms with Gasteiger partial charge in [-0.1, -0.05) is 53.5 Å². The molecule has 0 saturated carbocycles. The van der Waals surface area contributed by atoms with Crippen molar-refractivity contribution in [3.63, 3.8) is 0 Å². The van der Waals surface area contributed by atoms with Crippen LogP contribution in [0, 0.1) is 0 Å². The number of benzene rings is 1. The fraction of sp³-hybridized carbons (Fsp3) is 0.143. The Morgan fingerprint density at radius 1 is 1.14 bits per heavy atom. The van der Waals surface area contributed by atoms with E-state index < -0.39 is 0 Å². The number of rotatable bonds is 3. The number of hydrogen-bond acceptors (Lipinski definition) is 4. The van der Waals surface area contributed by atoms with Gasteiger partial charge in [0.25, 0.3) is 11.7 Å². The highest BCUT2D eigenvalue weighted by molar-refractivity contribution is 6.38. The molecule has 0 aliphatic rings. The van der Waals surface area contributed by atoms with Gasteiger partial charge in [-0.2, -0.15) is 14.5 Å². The zero-order chi connectivity index (χ0) is 15.7. The van der Waals surface area contributed by atoms with Gasteiger partial charge in [-0.15, -0.1) is 5.10 Å². The van der Waals surface area contributed by atoms with Gasteiger partial charge in [0, 0.05) is 14.1 Å². The molecule has 0 unspecified atom stereocenters. The van der Waals surface area contributed by atoms with Crippen molar-refractivity contribution in [2.45, 2.75) is 0 Å². The first-order valence-electron chi connectivity index (χ1n) is 6.44. The van der Waals surface area contributed by atoms with Crippen molar-refractivity contribution >= 4 is 41.3 Å². The van der Waals surface area contributed by atoms with E-state index in [0.29, 0.717) is 16.5 Å². The predicted molar refractivity (Wildman–Crippen MR) is 88.1 cm³/mol. The van der Waals surface area contributed by atoms with Crippen LogP contribution in [0.2, 0.25) is 10.3 Å². The zero-order valence-electron chi connectivity index (χ0n) is 11.9. The van der Waals surface area contributed by atoms with E-state index >= 15 is 0 Å². The molecule has 0 radical (unpaired) electrons. The average molecular weight is 335 g/mol. The molecular weight excluding hydrogens is 323 g/mol. The fourth-order valence-corrected chi connectivity index (χ4v) is 2.53. The Kier molecular flexibility index (Phi) is 3.96. The minimum Gasteiger partial charge on any atom is -0.369 e. The third kappa shape index (κ3) is 2.75. The summed E-state index contributed by atoms with van der Waals surface area (Å²) in [5.41, 5.74) is 1.48. The molecule has 0 N–H and O–H groups in total. The molecule has 1 aromatic carbocycles. The van der Waals surface area contributed by atoms with Gasteiger partial charge in [-0.05, 0) is 5.56 Å². The predicted octanol–water partition coefficient (Wildman–Crippen LogP) is 3.32. The first kappa shape index (κ1) is 14.7. The van der Waals surface area contributed by atoms with Crippen LogP contribution in [-0.4, -0.2) is 44.9 Å². The lowest BCUT2D eigenvalue weighted by Crippen LogP contribution is -2.07. The van der Waals surface area contributed by atoms with Gasteiger partial charge < -0.3 is 4.90 Å². The molecule has 112 valence electrons. The van der Waals surface area contributed by atoms with E-state index in [9.17, 15) is 0 Å². The summed E-state index contributed by atoms with van der Waals surface area (Å²) in [6.45, 7) is 0. The van der Waals surface area contributed by atoms with Crippen molar-refractivity contribution in [2.75, 3.05) is 14.1 Å². The maximum Gasteiger partial charge on any atom is 0.272 e. The topological polar surface area (TPSA) is 58.7 Å². The highest BCUT2D eigenvalue weighted by Gasteiger charge is 2.17. The second-order valence-electron chi connectivity index (χ2n) is 4.77. The lowest BCUT2D eigenvalue weighted by molar-refractivity contribution is 0.642. The number of nitrogens with zero attached hydrogens (tertiary/aromatic N) is 6. The molecule has 0 fully saturated rings. The van der Waals surface area contributed by atoms with E-state index in [2.05, 4.69) is 20.1 Å². The molecule has 0 aliphatic carbocycles. The summed E-state index contributed by atoms with van der Waals surface area (Å²) in [7, 11) is 3.71. The number of aliphatic imine (C=N–C) groups is 1. The Bertz CT molecular complexity index is 841. The van der Waals surface area contributed by atoms with E-state index in [1.165, 1.54) is 4.52 Å². The third-order valence-corrected chi connectivity index (χ3v) is 3.46. The van der Waals surface area contributed by atoms with Crippen molar-refractivity contribution in [1.29, 1.82) is 0 Å².